The average Bonchev–Trinajstić information content (AvgIpc) is 2.93. The first-order chi connectivity index (χ1) is 8.74. The highest BCUT2D eigenvalue weighted by molar-refractivity contribution is 9.10. The lowest BCUT2D eigenvalue weighted by Crippen LogP contribution is -2.18. The molecule has 0 bridgehead atoms. The van der Waals surface area contributed by atoms with Crippen molar-refractivity contribution in [3.05, 3.63) is 55.1 Å². The molecule has 1 aliphatic rings. The maximum Gasteiger partial charge on any atom is 0.0408 e. The Bertz CT molecular complexity index is 567. The number of nitrogens with one attached hydrogen (secondary N) is 1. The first kappa shape index (κ1) is 12.7. The van der Waals surface area contributed by atoms with Crippen molar-refractivity contribution in [1.29, 1.82) is 0 Å². The lowest BCUT2D eigenvalue weighted by molar-refractivity contribution is 0.533. The highest BCUT2D eigenvalue weighted by atomic mass is 79.9. The normalized spacial score (nSPS) is 18.0. The molecule has 2 aromatic rings. The third-order valence-corrected chi connectivity index (χ3v) is 5.54. The molecule has 1 aromatic heterocycles. The van der Waals surface area contributed by atoms with E-state index in [1.165, 1.54) is 26.9 Å². The second kappa shape index (κ2) is 5.33. The molecule has 0 radical (unpaired) electrons. The molecule has 3 rings (SSSR count). The van der Waals surface area contributed by atoms with Crippen LogP contribution in [0.4, 0.5) is 0 Å². The van der Waals surface area contributed by atoms with Gasteiger partial charge in [-0.25, -0.2) is 0 Å². The zero-order valence-electron chi connectivity index (χ0n) is 9.75. The number of halogens is 2. The predicted octanol–water partition coefficient (Wildman–Crippen LogP) is 4.94. The Hall–Kier alpha value is -0.350. The Morgan fingerprint density at radius 2 is 2.28 bits per heavy atom. The number of thiophene rings is 1. The van der Waals surface area contributed by atoms with Crippen molar-refractivity contribution in [1.82, 2.24) is 5.32 Å². The van der Waals surface area contributed by atoms with Crippen LogP contribution in [0.2, 0.25) is 5.02 Å². The van der Waals surface area contributed by atoms with E-state index in [0.717, 1.165) is 18.0 Å². The van der Waals surface area contributed by atoms with Crippen LogP contribution in [-0.2, 0) is 13.0 Å². The van der Waals surface area contributed by atoms with E-state index in [2.05, 4.69) is 44.8 Å². The van der Waals surface area contributed by atoms with Crippen LogP contribution in [0.25, 0.3) is 0 Å². The van der Waals surface area contributed by atoms with Crippen LogP contribution in [-0.4, -0.2) is 0 Å². The Morgan fingerprint density at radius 1 is 1.39 bits per heavy atom. The van der Waals surface area contributed by atoms with E-state index in [4.69, 9.17) is 11.6 Å². The Balaban J connectivity index is 1.71. The standard InChI is InChI=1S/C14H13BrClNS/c15-12-5-6-18-14(12)8-17-13-4-1-9-7-10(16)2-3-11(9)13/h2-3,5-7,13,17H,1,4,8H2. The molecule has 18 heavy (non-hydrogen) atoms. The largest absolute Gasteiger partial charge is 0.305 e. The van der Waals surface area contributed by atoms with E-state index < -0.39 is 0 Å². The summed E-state index contributed by atoms with van der Waals surface area (Å²) in [6, 6.07) is 8.81. The van der Waals surface area contributed by atoms with Gasteiger partial charge in [0.1, 0.15) is 0 Å². The van der Waals surface area contributed by atoms with Crippen molar-refractivity contribution in [2.24, 2.45) is 0 Å². The van der Waals surface area contributed by atoms with Gasteiger partial charge in [-0.1, -0.05) is 17.7 Å². The fourth-order valence-electron chi connectivity index (χ4n) is 2.47. The van der Waals surface area contributed by atoms with E-state index >= 15 is 0 Å². The zero-order chi connectivity index (χ0) is 12.5. The zero-order valence-corrected chi connectivity index (χ0v) is 12.9. The molecule has 4 heteroatoms. The van der Waals surface area contributed by atoms with Gasteiger partial charge in [0.25, 0.3) is 0 Å². The van der Waals surface area contributed by atoms with Crippen molar-refractivity contribution in [3.8, 4) is 0 Å². The molecule has 1 heterocycles. The van der Waals surface area contributed by atoms with Crippen LogP contribution in [0.5, 0.6) is 0 Å². The summed E-state index contributed by atoms with van der Waals surface area (Å²) in [5.41, 5.74) is 2.80. The Kier molecular flexibility index (Phi) is 3.76. The molecule has 1 atom stereocenters. The predicted molar refractivity (Wildman–Crippen MR) is 81.4 cm³/mol. The fraction of sp³-hybridized carbons (Fsp3) is 0.286. The molecule has 0 spiro atoms. The minimum atomic E-state index is 0.464. The van der Waals surface area contributed by atoms with Crippen molar-refractivity contribution < 1.29 is 0 Å². The summed E-state index contributed by atoms with van der Waals surface area (Å²) in [6.45, 7) is 0.922. The second-order valence-electron chi connectivity index (χ2n) is 4.51. The molecule has 1 nitrogen and oxygen atoms in total. The first-order valence-corrected chi connectivity index (χ1v) is 8.02. The monoisotopic (exact) mass is 341 g/mol. The molecule has 0 fully saturated rings. The number of fused-ring (bicyclic) bond motifs is 1. The van der Waals surface area contributed by atoms with E-state index in [0.29, 0.717) is 6.04 Å². The number of hydrogen-bond donors (Lipinski definition) is 1. The second-order valence-corrected chi connectivity index (χ2v) is 6.80. The van der Waals surface area contributed by atoms with Crippen molar-refractivity contribution in [3.63, 3.8) is 0 Å². The number of benzene rings is 1. The molecular weight excluding hydrogens is 330 g/mol. The SMILES string of the molecule is Clc1ccc2c(c1)CCC2NCc1sccc1Br. The lowest BCUT2D eigenvalue weighted by Gasteiger charge is -2.13. The topological polar surface area (TPSA) is 12.0 Å². The number of hydrogen-bond acceptors (Lipinski definition) is 2. The minimum absolute atomic E-state index is 0.464. The van der Waals surface area contributed by atoms with Gasteiger partial charge in [0.05, 0.1) is 0 Å². The third kappa shape index (κ3) is 2.50. The molecule has 0 amide bonds. The van der Waals surface area contributed by atoms with Crippen LogP contribution >= 0.6 is 38.9 Å². The summed E-state index contributed by atoms with van der Waals surface area (Å²) in [5, 5.41) is 6.60. The molecule has 0 aliphatic heterocycles. The quantitative estimate of drug-likeness (QED) is 0.833. The maximum atomic E-state index is 6.03. The summed E-state index contributed by atoms with van der Waals surface area (Å²) in [5.74, 6) is 0. The van der Waals surface area contributed by atoms with Gasteiger partial charge in [-0.15, -0.1) is 11.3 Å². The third-order valence-electron chi connectivity index (χ3n) is 3.38. The van der Waals surface area contributed by atoms with Crippen LogP contribution in [0.3, 0.4) is 0 Å². The lowest BCUT2D eigenvalue weighted by atomic mass is 10.1. The first-order valence-electron chi connectivity index (χ1n) is 5.97. The van der Waals surface area contributed by atoms with Crippen molar-refractivity contribution >= 4 is 38.9 Å². The minimum Gasteiger partial charge on any atom is -0.305 e. The van der Waals surface area contributed by atoms with Gasteiger partial charge in [0.2, 0.25) is 0 Å². The Morgan fingerprint density at radius 3 is 3.06 bits per heavy atom. The van der Waals surface area contributed by atoms with Gasteiger partial charge in [0, 0.05) is 27.0 Å². The number of aryl methyl sites for hydroxylation is 1. The number of rotatable bonds is 3. The summed E-state index contributed by atoms with van der Waals surface area (Å²) in [6.07, 6.45) is 2.29. The van der Waals surface area contributed by atoms with E-state index in [9.17, 15) is 0 Å². The summed E-state index contributed by atoms with van der Waals surface area (Å²) < 4.78 is 1.20. The molecule has 1 unspecified atom stereocenters. The van der Waals surface area contributed by atoms with E-state index in [1.807, 2.05) is 6.07 Å². The van der Waals surface area contributed by atoms with E-state index in [1.54, 1.807) is 11.3 Å². The molecule has 1 aromatic carbocycles. The van der Waals surface area contributed by atoms with Gasteiger partial charge in [-0.2, -0.15) is 0 Å². The summed E-state index contributed by atoms with van der Waals surface area (Å²) in [4.78, 5) is 1.36. The van der Waals surface area contributed by atoms with Crippen LogP contribution in [0.1, 0.15) is 28.5 Å². The summed E-state index contributed by atoms with van der Waals surface area (Å²) in [7, 11) is 0. The van der Waals surface area contributed by atoms with Gasteiger partial charge >= 0.3 is 0 Å². The van der Waals surface area contributed by atoms with Crippen LogP contribution in [0, 0.1) is 0 Å². The van der Waals surface area contributed by atoms with Gasteiger partial charge in [-0.05, 0) is 63.5 Å². The molecule has 94 valence electrons. The average molecular weight is 343 g/mol. The van der Waals surface area contributed by atoms with Crippen molar-refractivity contribution in [2.45, 2.75) is 25.4 Å². The Labute approximate surface area is 124 Å². The van der Waals surface area contributed by atoms with Gasteiger partial charge in [0.15, 0.2) is 0 Å². The van der Waals surface area contributed by atoms with E-state index in [-0.39, 0.29) is 0 Å². The fourth-order valence-corrected chi connectivity index (χ4v) is 4.10. The summed E-state index contributed by atoms with van der Waals surface area (Å²) >= 11 is 11.4. The van der Waals surface area contributed by atoms with Crippen molar-refractivity contribution in [2.75, 3.05) is 0 Å². The highest BCUT2D eigenvalue weighted by Crippen LogP contribution is 2.33. The van der Waals surface area contributed by atoms with Gasteiger partial charge in [-0.3, -0.25) is 0 Å². The van der Waals surface area contributed by atoms with Crippen LogP contribution < -0.4 is 5.32 Å². The molecule has 1 aliphatic carbocycles. The molecular formula is C14H13BrClNS. The van der Waals surface area contributed by atoms with Crippen LogP contribution in [0.15, 0.2) is 34.1 Å². The van der Waals surface area contributed by atoms with Gasteiger partial charge < -0.3 is 5.32 Å². The maximum absolute atomic E-state index is 6.03. The molecule has 0 saturated heterocycles. The molecule has 0 saturated carbocycles. The molecule has 1 N–H and O–H groups in total. The smallest absolute Gasteiger partial charge is 0.0408 e. The highest BCUT2D eigenvalue weighted by Gasteiger charge is 2.22.